The van der Waals surface area contributed by atoms with Gasteiger partial charge in [0.1, 0.15) is 0 Å². The maximum absolute atomic E-state index is 10.8. The van der Waals surface area contributed by atoms with Crippen molar-refractivity contribution in [1.29, 1.82) is 10.8 Å². The Bertz CT molecular complexity index is 1440. The molecule has 0 aliphatic rings. The van der Waals surface area contributed by atoms with Gasteiger partial charge in [-0.2, -0.15) is 0 Å². The van der Waals surface area contributed by atoms with E-state index in [0.717, 1.165) is 0 Å². The number of carbonyl (C=O) groups is 4. The standard InChI is InChI=1S/2C12H8N2O4.2CHNS/c2*15-11(16)7-1-3-13-9(5-7)10-6-8(12(17)18)2-4-14-10;2*2-1-3/h2*1-6H,(H,15,16)(H,17,18);2*2H. The van der Waals surface area contributed by atoms with Gasteiger partial charge in [-0.05, 0) is 73.0 Å². The minimum atomic E-state index is -1.08. The molecule has 14 nitrogen and oxygen atoms in total. The van der Waals surface area contributed by atoms with Gasteiger partial charge in [0.2, 0.25) is 0 Å². The summed E-state index contributed by atoms with van der Waals surface area (Å²) < 4.78 is 0. The van der Waals surface area contributed by atoms with Gasteiger partial charge < -0.3 is 20.4 Å². The Morgan fingerprint density at radius 1 is 0.500 bits per heavy atom. The molecule has 0 aliphatic heterocycles. The number of nitrogens with one attached hydrogen (secondary N) is 2. The number of carboxylic acids is 4. The first-order valence-corrected chi connectivity index (χ1v) is 11.7. The highest BCUT2D eigenvalue weighted by atomic mass is 32.1. The number of aromatic carboxylic acids is 4. The Labute approximate surface area is 247 Å². The van der Waals surface area contributed by atoms with Crippen molar-refractivity contribution in [2.75, 3.05) is 0 Å². The number of thiocarbonyl (C=S) groups is 2. The molecule has 0 spiro atoms. The predicted octanol–water partition coefficient (Wildman–Crippen LogP) is 4.42. The predicted molar refractivity (Wildman–Crippen MR) is 153 cm³/mol. The average molecular weight is 607 g/mol. The van der Waals surface area contributed by atoms with Crippen molar-refractivity contribution in [3.63, 3.8) is 0 Å². The van der Waals surface area contributed by atoms with Gasteiger partial charge >= 0.3 is 23.9 Å². The van der Waals surface area contributed by atoms with Crippen molar-refractivity contribution in [2.24, 2.45) is 0 Å². The Morgan fingerprint density at radius 3 is 0.810 bits per heavy atom. The fourth-order valence-corrected chi connectivity index (χ4v) is 2.81. The Hall–Kier alpha value is -5.92. The van der Waals surface area contributed by atoms with E-state index in [2.05, 4.69) is 44.4 Å². The molecular weight excluding hydrogens is 588 g/mol. The molecule has 4 aromatic heterocycles. The molecule has 42 heavy (non-hydrogen) atoms. The maximum atomic E-state index is 10.8. The molecule has 0 aliphatic carbocycles. The lowest BCUT2D eigenvalue weighted by Crippen LogP contribution is -2.00. The van der Waals surface area contributed by atoms with E-state index < -0.39 is 23.9 Å². The molecule has 0 unspecified atom stereocenters. The van der Waals surface area contributed by atoms with Gasteiger partial charge in [0, 0.05) is 24.8 Å². The fraction of sp³-hybridized carbons (Fsp3) is 0. The smallest absolute Gasteiger partial charge is 0.335 e. The van der Waals surface area contributed by atoms with Gasteiger partial charge in [-0.25, -0.2) is 30.0 Å². The maximum Gasteiger partial charge on any atom is 0.335 e. The molecule has 0 aromatic carbocycles. The first-order valence-electron chi connectivity index (χ1n) is 10.8. The van der Waals surface area contributed by atoms with Crippen LogP contribution in [-0.2, 0) is 0 Å². The lowest BCUT2D eigenvalue weighted by atomic mass is 10.1. The van der Waals surface area contributed by atoms with Crippen molar-refractivity contribution < 1.29 is 39.6 Å². The van der Waals surface area contributed by atoms with Gasteiger partial charge in [-0.1, -0.05) is 0 Å². The van der Waals surface area contributed by atoms with E-state index in [4.69, 9.17) is 31.2 Å². The van der Waals surface area contributed by atoms with Crippen molar-refractivity contribution in [3.05, 3.63) is 95.6 Å². The van der Waals surface area contributed by atoms with Crippen LogP contribution < -0.4 is 0 Å². The van der Waals surface area contributed by atoms with Crippen LogP contribution in [0, 0.1) is 10.8 Å². The Balaban J connectivity index is 0.000000354. The van der Waals surface area contributed by atoms with E-state index in [1.807, 2.05) is 0 Å². The molecule has 6 N–H and O–H groups in total. The van der Waals surface area contributed by atoms with Crippen LogP contribution in [0.2, 0.25) is 0 Å². The van der Waals surface area contributed by atoms with Crippen molar-refractivity contribution in [2.45, 2.75) is 0 Å². The largest absolute Gasteiger partial charge is 0.478 e. The third-order valence-corrected chi connectivity index (χ3v) is 4.55. The number of pyridine rings is 4. The zero-order chi connectivity index (χ0) is 31.7. The summed E-state index contributed by atoms with van der Waals surface area (Å²) in [5.41, 5.74) is 1.56. The minimum Gasteiger partial charge on any atom is -0.478 e. The van der Waals surface area contributed by atoms with E-state index in [1.54, 1.807) is 10.3 Å². The molecule has 0 amide bonds. The molecule has 0 fully saturated rings. The van der Waals surface area contributed by atoms with Gasteiger partial charge in [-0.3, -0.25) is 19.9 Å². The van der Waals surface area contributed by atoms with Crippen LogP contribution in [0.25, 0.3) is 22.8 Å². The molecule has 212 valence electrons. The van der Waals surface area contributed by atoms with Crippen molar-refractivity contribution in [3.8, 4) is 22.8 Å². The van der Waals surface area contributed by atoms with Crippen LogP contribution in [0.5, 0.6) is 0 Å². The molecule has 4 aromatic rings. The van der Waals surface area contributed by atoms with E-state index in [9.17, 15) is 19.2 Å². The van der Waals surface area contributed by atoms with Crippen LogP contribution in [0.4, 0.5) is 0 Å². The molecule has 0 saturated heterocycles. The normalized spacial score (nSPS) is 8.95. The highest BCUT2D eigenvalue weighted by molar-refractivity contribution is 7.78. The summed E-state index contributed by atoms with van der Waals surface area (Å²) in [6.07, 6.45) is 5.36. The summed E-state index contributed by atoms with van der Waals surface area (Å²) in [7, 11) is 0. The second-order valence-corrected chi connectivity index (χ2v) is 7.55. The number of hydrogen-bond acceptors (Lipinski definition) is 12. The molecule has 0 bridgehead atoms. The van der Waals surface area contributed by atoms with Gasteiger partial charge in [0.25, 0.3) is 0 Å². The highest BCUT2D eigenvalue weighted by Crippen LogP contribution is 2.18. The summed E-state index contributed by atoms with van der Waals surface area (Å²) in [6.45, 7) is 0. The SMILES string of the molecule is N=C=S.N=C=S.O=C(O)c1ccnc(-c2cc(C(=O)O)ccn2)c1.O=C(O)c1ccnc(-c2cc(C(=O)O)ccn2)c1. The number of carboxylic acid groups (broad SMARTS) is 4. The first kappa shape index (κ1) is 34.1. The molecule has 0 radical (unpaired) electrons. The molecule has 16 heteroatoms. The van der Waals surface area contributed by atoms with E-state index >= 15 is 0 Å². The number of aromatic nitrogens is 4. The summed E-state index contributed by atoms with van der Waals surface area (Å²) in [6, 6.07) is 10.8. The highest BCUT2D eigenvalue weighted by Gasteiger charge is 2.11. The summed E-state index contributed by atoms with van der Waals surface area (Å²) in [5, 5.41) is 50.1. The van der Waals surface area contributed by atoms with E-state index in [0.29, 0.717) is 22.8 Å². The zero-order valence-electron chi connectivity index (χ0n) is 21.0. The van der Waals surface area contributed by atoms with Crippen LogP contribution >= 0.6 is 24.4 Å². The topological polar surface area (TPSA) is 248 Å². The third-order valence-electron chi connectivity index (χ3n) is 4.55. The molecule has 0 atom stereocenters. The quantitative estimate of drug-likeness (QED) is 0.131. The van der Waals surface area contributed by atoms with Crippen LogP contribution in [0.1, 0.15) is 41.4 Å². The lowest BCUT2D eigenvalue weighted by Gasteiger charge is -2.02. The van der Waals surface area contributed by atoms with Crippen LogP contribution in [0.15, 0.2) is 73.3 Å². The van der Waals surface area contributed by atoms with Crippen LogP contribution in [-0.4, -0.2) is 74.6 Å². The summed E-state index contributed by atoms with van der Waals surface area (Å²) >= 11 is 7.62. The van der Waals surface area contributed by atoms with Gasteiger partial charge in [-0.15, -0.1) is 0 Å². The second kappa shape index (κ2) is 17.6. The van der Waals surface area contributed by atoms with Crippen molar-refractivity contribution in [1.82, 2.24) is 19.9 Å². The van der Waals surface area contributed by atoms with Gasteiger partial charge in [0.05, 0.1) is 55.4 Å². The van der Waals surface area contributed by atoms with E-state index in [-0.39, 0.29) is 22.3 Å². The molecule has 0 saturated carbocycles. The second-order valence-electron chi connectivity index (χ2n) is 7.14. The monoisotopic (exact) mass is 606 g/mol. The molecule has 4 heterocycles. The minimum absolute atomic E-state index is 0.0718. The number of nitrogens with zero attached hydrogens (tertiary/aromatic N) is 4. The fourth-order valence-electron chi connectivity index (χ4n) is 2.81. The first-order chi connectivity index (χ1) is 20.0. The third kappa shape index (κ3) is 11.1. The summed E-state index contributed by atoms with van der Waals surface area (Å²) in [5.74, 6) is -4.30. The zero-order valence-corrected chi connectivity index (χ0v) is 22.6. The molecule has 4 rings (SSSR count). The average Bonchev–Trinajstić information content (AvgIpc) is 2.98. The van der Waals surface area contributed by atoms with Crippen LogP contribution in [0.3, 0.4) is 0 Å². The molecular formula is C26H18N6O8S2. The number of isothiocyanates is 2. The lowest BCUT2D eigenvalue weighted by molar-refractivity contribution is 0.0686. The van der Waals surface area contributed by atoms with Gasteiger partial charge in [0.15, 0.2) is 0 Å². The summed E-state index contributed by atoms with van der Waals surface area (Å²) in [4.78, 5) is 59.2. The Kier molecular flexibility index (Phi) is 14.3. The Morgan fingerprint density at radius 2 is 0.667 bits per heavy atom. The van der Waals surface area contributed by atoms with Crippen molar-refractivity contribution >= 4 is 58.6 Å². The number of rotatable bonds is 6. The van der Waals surface area contributed by atoms with E-state index in [1.165, 1.54) is 73.3 Å². The number of hydrogen-bond donors (Lipinski definition) is 6.